The summed E-state index contributed by atoms with van der Waals surface area (Å²) in [6.45, 7) is 0.800. The van der Waals surface area contributed by atoms with Gasteiger partial charge in [-0.05, 0) is 47.7 Å². The molecule has 0 aliphatic carbocycles. The largest absolute Gasteiger partial charge is 0.493 e. The quantitative estimate of drug-likeness (QED) is 0.733. The van der Waals surface area contributed by atoms with Gasteiger partial charge in [-0.2, -0.15) is 0 Å². The molecule has 0 aromatic heterocycles. The van der Waals surface area contributed by atoms with Crippen molar-refractivity contribution in [1.82, 2.24) is 0 Å². The van der Waals surface area contributed by atoms with Gasteiger partial charge < -0.3 is 4.74 Å². The predicted molar refractivity (Wildman–Crippen MR) is 77.4 cm³/mol. The predicted octanol–water partition coefficient (Wildman–Crippen LogP) is 4.64. The molecule has 1 heterocycles. The van der Waals surface area contributed by atoms with Gasteiger partial charge in [-0.15, -0.1) is 0 Å². The Hall–Kier alpha value is -1.35. The smallest absolute Gasteiger partial charge is 0.123 e. The summed E-state index contributed by atoms with van der Waals surface area (Å²) in [5, 5.41) is 0. The van der Waals surface area contributed by atoms with E-state index in [1.54, 1.807) is 12.1 Å². The van der Waals surface area contributed by atoms with E-state index in [0.29, 0.717) is 0 Å². The molecule has 0 spiro atoms. The van der Waals surface area contributed by atoms with Gasteiger partial charge in [-0.1, -0.05) is 40.2 Å². The number of rotatable bonds is 2. The molecule has 0 fully saturated rings. The molecule has 98 valence electrons. The van der Waals surface area contributed by atoms with E-state index in [9.17, 15) is 4.39 Å². The number of alkyl halides is 1. The van der Waals surface area contributed by atoms with Gasteiger partial charge in [0.05, 0.1) is 11.4 Å². The van der Waals surface area contributed by atoms with Crippen molar-refractivity contribution in [2.75, 3.05) is 6.61 Å². The molecule has 2 aromatic rings. The average Bonchev–Trinajstić information content (AvgIpc) is 2.46. The van der Waals surface area contributed by atoms with Gasteiger partial charge in [-0.3, -0.25) is 0 Å². The zero-order valence-electron chi connectivity index (χ0n) is 10.4. The van der Waals surface area contributed by atoms with E-state index >= 15 is 0 Å². The maximum atomic E-state index is 13.3. The van der Waals surface area contributed by atoms with E-state index in [1.165, 1.54) is 11.6 Å². The molecule has 0 amide bonds. The van der Waals surface area contributed by atoms with Crippen molar-refractivity contribution in [3.8, 4) is 5.75 Å². The summed E-state index contributed by atoms with van der Waals surface area (Å²) in [6.07, 6.45) is 2.11. The van der Waals surface area contributed by atoms with Crippen LogP contribution in [0.25, 0.3) is 0 Å². The normalized spacial score (nSPS) is 15.5. The molecule has 0 radical (unpaired) electrons. The summed E-state index contributed by atoms with van der Waals surface area (Å²) in [5.41, 5.74) is 3.30. The second-order valence-corrected chi connectivity index (χ2v) is 5.65. The molecule has 1 unspecified atom stereocenters. The molecule has 0 saturated heterocycles. The SMILES string of the molecule is Fc1cccc(C(Br)c2ccc3c(c2)CCCO3)c1. The number of hydrogen-bond donors (Lipinski definition) is 0. The maximum absolute atomic E-state index is 13.3. The van der Waals surface area contributed by atoms with E-state index in [-0.39, 0.29) is 10.6 Å². The van der Waals surface area contributed by atoms with Crippen molar-refractivity contribution in [1.29, 1.82) is 0 Å². The number of halogens is 2. The zero-order valence-corrected chi connectivity index (χ0v) is 12.0. The minimum atomic E-state index is -0.205. The van der Waals surface area contributed by atoms with Gasteiger partial charge in [-0.25, -0.2) is 4.39 Å². The van der Waals surface area contributed by atoms with Gasteiger partial charge in [0.1, 0.15) is 11.6 Å². The lowest BCUT2D eigenvalue weighted by Crippen LogP contribution is -2.08. The fraction of sp³-hybridized carbons (Fsp3) is 0.250. The van der Waals surface area contributed by atoms with Crippen LogP contribution in [0.15, 0.2) is 42.5 Å². The number of hydrogen-bond acceptors (Lipinski definition) is 1. The van der Waals surface area contributed by atoms with E-state index in [0.717, 1.165) is 36.3 Å². The Morgan fingerprint density at radius 1 is 1.11 bits per heavy atom. The average molecular weight is 321 g/mol. The molecular formula is C16H14BrFO. The molecule has 0 saturated carbocycles. The standard InChI is InChI=1S/C16H14BrFO/c17-16(12-3-1-5-14(18)10-12)13-6-7-15-11(9-13)4-2-8-19-15/h1,3,5-7,9-10,16H,2,4,8H2. The first-order chi connectivity index (χ1) is 9.24. The fourth-order valence-electron chi connectivity index (χ4n) is 2.39. The molecule has 1 atom stereocenters. The molecule has 0 bridgehead atoms. The Kier molecular flexibility index (Phi) is 3.56. The van der Waals surface area contributed by atoms with Gasteiger partial charge in [0, 0.05) is 0 Å². The van der Waals surface area contributed by atoms with Crippen LogP contribution >= 0.6 is 15.9 Å². The van der Waals surface area contributed by atoms with Crippen LogP contribution in [0, 0.1) is 5.82 Å². The lowest BCUT2D eigenvalue weighted by molar-refractivity contribution is 0.288. The molecule has 0 N–H and O–H groups in total. The van der Waals surface area contributed by atoms with E-state index in [2.05, 4.69) is 22.0 Å². The molecule has 1 aliphatic heterocycles. The van der Waals surface area contributed by atoms with Crippen LogP contribution in [0.1, 0.15) is 27.9 Å². The molecule has 1 nitrogen and oxygen atoms in total. The van der Waals surface area contributed by atoms with Crippen LogP contribution in [0.3, 0.4) is 0 Å². The van der Waals surface area contributed by atoms with Crippen molar-refractivity contribution in [3.63, 3.8) is 0 Å². The number of benzene rings is 2. The lowest BCUT2D eigenvalue weighted by Gasteiger charge is -2.19. The van der Waals surface area contributed by atoms with Crippen molar-refractivity contribution < 1.29 is 9.13 Å². The first-order valence-corrected chi connectivity index (χ1v) is 7.31. The van der Waals surface area contributed by atoms with Crippen LogP contribution in [-0.2, 0) is 6.42 Å². The second kappa shape index (κ2) is 5.33. The molecule has 2 aromatic carbocycles. The Morgan fingerprint density at radius 3 is 2.79 bits per heavy atom. The lowest BCUT2D eigenvalue weighted by atomic mass is 9.99. The minimum absolute atomic E-state index is 0.00965. The number of fused-ring (bicyclic) bond motifs is 1. The molecule has 19 heavy (non-hydrogen) atoms. The van der Waals surface area contributed by atoms with Crippen LogP contribution in [-0.4, -0.2) is 6.61 Å². The Labute approximate surface area is 120 Å². The maximum Gasteiger partial charge on any atom is 0.123 e. The zero-order chi connectivity index (χ0) is 13.2. The first kappa shape index (κ1) is 12.7. The Morgan fingerprint density at radius 2 is 1.95 bits per heavy atom. The van der Waals surface area contributed by atoms with Gasteiger partial charge in [0.2, 0.25) is 0 Å². The monoisotopic (exact) mass is 320 g/mol. The third kappa shape index (κ3) is 2.66. The minimum Gasteiger partial charge on any atom is -0.493 e. The molecular weight excluding hydrogens is 307 g/mol. The summed E-state index contributed by atoms with van der Waals surface area (Å²) >= 11 is 3.65. The van der Waals surface area contributed by atoms with Gasteiger partial charge in [0.25, 0.3) is 0 Å². The molecule has 3 heteroatoms. The fourth-order valence-corrected chi connectivity index (χ4v) is 2.96. The number of aryl methyl sites for hydroxylation is 1. The third-order valence-electron chi connectivity index (χ3n) is 3.37. The van der Waals surface area contributed by atoms with Crippen molar-refractivity contribution in [2.45, 2.75) is 17.7 Å². The highest BCUT2D eigenvalue weighted by Gasteiger charge is 2.15. The topological polar surface area (TPSA) is 9.23 Å². The van der Waals surface area contributed by atoms with Crippen LogP contribution in [0.4, 0.5) is 4.39 Å². The van der Waals surface area contributed by atoms with Crippen molar-refractivity contribution >= 4 is 15.9 Å². The highest BCUT2D eigenvalue weighted by atomic mass is 79.9. The molecule has 1 aliphatic rings. The summed E-state index contributed by atoms with van der Waals surface area (Å²) in [4.78, 5) is 0.00965. The second-order valence-electron chi connectivity index (χ2n) is 4.74. The Bertz CT molecular complexity index is 597. The molecule has 3 rings (SSSR count). The highest BCUT2D eigenvalue weighted by molar-refractivity contribution is 9.09. The number of ether oxygens (including phenoxy) is 1. The summed E-state index contributed by atoms with van der Waals surface area (Å²) < 4.78 is 18.9. The van der Waals surface area contributed by atoms with E-state index in [4.69, 9.17) is 4.74 Å². The summed E-state index contributed by atoms with van der Waals surface area (Å²) in [5.74, 6) is 0.775. The highest BCUT2D eigenvalue weighted by Crippen LogP contribution is 2.35. The van der Waals surface area contributed by atoms with E-state index in [1.807, 2.05) is 18.2 Å². The van der Waals surface area contributed by atoms with Gasteiger partial charge in [0.15, 0.2) is 0 Å². The third-order valence-corrected chi connectivity index (χ3v) is 4.42. The van der Waals surface area contributed by atoms with Crippen LogP contribution < -0.4 is 4.74 Å². The van der Waals surface area contributed by atoms with E-state index < -0.39 is 0 Å². The Balaban J connectivity index is 1.93. The summed E-state index contributed by atoms with van der Waals surface area (Å²) in [7, 11) is 0. The van der Waals surface area contributed by atoms with Crippen molar-refractivity contribution in [2.24, 2.45) is 0 Å². The van der Waals surface area contributed by atoms with Crippen LogP contribution in [0.5, 0.6) is 5.75 Å². The first-order valence-electron chi connectivity index (χ1n) is 6.39. The van der Waals surface area contributed by atoms with Gasteiger partial charge >= 0.3 is 0 Å². The van der Waals surface area contributed by atoms with Crippen LogP contribution in [0.2, 0.25) is 0 Å². The van der Waals surface area contributed by atoms with Crippen molar-refractivity contribution in [3.05, 3.63) is 65.0 Å². The summed E-state index contributed by atoms with van der Waals surface area (Å²) in [6, 6.07) is 12.9.